The summed E-state index contributed by atoms with van der Waals surface area (Å²) in [5.41, 5.74) is 7.00. The number of nitrogens with one attached hydrogen (secondary N) is 1. The Kier molecular flexibility index (Phi) is 17.9. The summed E-state index contributed by atoms with van der Waals surface area (Å²) >= 11 is 7.34. The van der Waals surface area contributed by atoms with Gasteiger partial charge in [0.25, 0.3) is 5.92 Å². The largest absolute Gasteiger partial charge is 0.492 e. The molecule has 1 saturated heterocycles. The number of halogens is 3. The SMILES string of the molecule is CCOc1cc(-c2ccc(C(F)(F)[C@@H](C=O)NSC3C=CC(OCC4CCCCC4)CC3)cc2)ccc1Cl.CN1CCC(N)CC1.CO. The van der Waals surface area contributed by atoms with Crippen LogP contribution in [0.15, 0.2) is 54.6 Å². The highest BCUT2D eigenvalue weighted by Crippen LogP contribution is 2.36. The summed E-state index contributed by atoms with van der Waals surface area (Å²) < 4.78 is 44.9. The maximum atomic E-state index is 15.3. The third-order valence-electron chi connectivity index (χ3n) is 9.02. The van der Waals surface area contributed by atoms with Gasteiger partial charge in [-0.2, -0.15) is 8.78 Å². The molecule has 2 unspecified atom stereocenters. The van der Waals surface area contributed by atoms with Crippen LogP contribution in [0.4, 0.5) is 8.78 Å². The molecule has 2 fully saturated rings. The van der Waals surface area contributed by atoms with Crippen LogP contribution in [-0.2, 0) is 15.5 Å². The Bertz CT molecular complexity index is 1230. The Morgan fingerprint density at radius 2 is 1.69 bits per heavy atom. The quantitative estimate of drug-likeness (QED) is 0.118. The van der Waals surface area contributed by atoms with Gasteiger partial charge in [-0.1, -0.05) is 85.3 Å². The lowest BCUT2D eigenvalue weighted by molar-refractivity contribution is -0.119. The van der Waals surface area contributed by atoms with Gasteiger partial charge in [-0.3, -0.25) is 0 Å². The summed E-state index contributed by atoms with van der Waals surface area (Å²) in [5, 5.41) is 7.50. The minimum absolute atomic E-state index is 0.00889. The zero-order chi connectivity index (χ0) is 34.9. The van der Waals surface area contributed by atoms with E-state index in [-0.39, 0.29) is 23.2 Å². The third kappa shape index (κ3) is 12.7. The van der Waals surface area contributed by atoms with Gasteiger partial charge >= 0.3 is 0 Å². The standard InChI is InChI=1S/C30H36ClF2NO3S.C6H14N2.CH4O/c1-2-36-28-18-23(10-17-27(28)31)22-8-11-24(12-9-22)30(32,33)29(19-35)34-38-26-15-13-25(14-16-26)37-20-21-6-4-3-5-7-21;1-8-4-2-6(7)3-5-8;1-2/h8-13,15,17-19,21,25-26,29,34H,2-7,14,16,20H2,1H3;6H,2-5,7H2,1H3;2H,1H3/t25?,26?,29-;;/m1../s1. The van der Waals surface area contributed by atoms with E-state index in [0.29, 0.717) is 29.3 Å². The maximum Gasteiger partial charge on any atom is 0.295 e. The number of rotatable bonds is 12. The molecule has 1 heterocycles. The molecule has 5 rings (SSSR count). The number of hydrogen-bond acceptors (Lipinski definition) is 8. The Balaban J connectivity index is 0.000000540. The summed E-state index contributed by atoms with van der Waals surface area (Å²) in [6.07, 6.45) is 14.8. The number of aldehydes is 1. The van der Waals surface area contributed by atoms with Crippen molar-refractivity contribution in [3.8, 4) is 16.9 Å². The summed E-state index contributed by atoms with van der Waals surface area (Å²) in [6, 6.07) is 10.1. The van der Waals surface area contributed by atoms with Crippen molar-refractivity contribution in [3.05, 3.63) is 65.2 Å². The number of likely N-dealkylation sites (tertiary alicyclic amines) is 1. The van der Waals surface area contributed by atoms with Crippen LogP contribution in [0.5, 0.6) is 5.75 Å². The molecule has 3 aliphatic rings. The van der Waals surface area contributed by atoms with Gasteiger partial charge in [0, 0.05) is 24.0 Å². The van der Waals surface area contributed by atoms with E-state index >= 15 is 8.78 Å². The second-order valence-corrected chi connectivity index (χ2v) is 14.1. The van der Waals surface area contributed by atoms with Crippen LogP contribution in [0.1, 0.15) is 70.3 Å². The molecule has 48 heavy (non-hydrogen) atoms. The molecule has 11 heteroatoms. The molecule has 0 radical (unpaired) electrons. The molecule has 2 aromatic carbocycles. The lowest BCUT2D eigenvalue weighted by atomic mass is 9.90. The topological polar surface area (TPSA) is 97.1 Å². The molecule has 268 valence electrons. The summed E-state index contributed by atoms with van der Waals surface area (Å²) in [5.74, 6) is -2.16. The molecule has 2 aliphatic carbocycles. The van der Waals surface area contributed by atoms with Gasteiger partial charge in [-0.15, -0.1) is 0 Å². The van der Waals surface area contributed by atoms with Crippen LogP contribution in [0.2, 0.25) is 5.02 Å². The molecule has 7 nitrogen and oxygen atoms in total. The lowest BCUT2D eigenvalue weighted by Crippen LogP contribution is -2.42. The Morgan fingerprint density at radius 1 is 1.02 bits per heavy atom. The highest BCUT2D eigenvalue weighted by molar-refractivity contribution is 7.98. The van der Waals surface area contributed by atoms with Gasteiger partial charge in [0.15, 0.2) is 0 Å². The highest BCUT2D eigenvalue weighted by Gasteiger charge is 2.42. The van der Waals surface area contributed by atoms with E-state index in [0.717, 1.165) is 37.7 Å². The summed E-state index contributed by atoms with van der Waals surface area (Å²) in [4.78, 5) is 14.0. The van der Waals surface area contributed by atoms with E-state index < -0.39 is 12.0 Å². The van der Waals surface area contributed by atoms with Crippen molar-refractivity contribution < 1.29 is 28.2 Å². The Hall–Kier alpha value is -2.05. The molecule has 0 spiro atoms. The molecule has 1 saturated carbocycles. The highest BCUT2D eigenvalue weighted by atomic mass is 35.5. The van der Waals surface area contributed by atoms with E-state index in [2.05, 4.69) is 16.7 Å². The number of ether oxygens (including phenoxy) is 2. The van der Waals surface area contributed by atoms with Gasteiger partial charge in [-0.05, 0) is 94.8 Å². The average molecular weight is 710 g/mol. The normalized spacial score (nSPS) is 21.3. The number of nitrogens with zero attached hydrogens (tertiary/aromatic N) is 1. The number of piperidine rings is 1. The molecular weight excluding hydrogens is 656 g/mol. The van der Waals surface area contributed by atoms with Gasteiger partial charge < -0.3 is 30.0 Å². The molecule has 4 N–H and O–H groups in total. The fourth-order valence-electron chi connectivity index (χ4n) is 6.01. The molecule has 0 aromatic heterocycles. The van der Waals surface area contributed by atoms with Gasteiger partial charge in [0.05, 0.1) is 24.3 Å². The van der Waals surface area contributed by atoms with Crippen molar-refractivity contribution >= 4 is 29.8 Å². The van der Waals surface area contributed by atoms with Crippen molar-refractivity contribution in [2.24, 2.45) is 11.7 Å². The van der Waals surface area contributed by atoms with E-state index in [9.17, 15) is 4.79 Å². The summed E-state index contributed by atoms with van der Waals surface area (Å²) in [7, 11) is 3.14. The molecular formula is C37H54ClF2N3O4S. The van der Waals surface area contributed by atoms with Crippen molar-refractivity contribution in [2.45, 2.75) is 94.1 Å². The number of carbonyl (C=O) groups excluding carboxylic acids is 1. The first-order valence-corrected chi connectivity index (χ1v) is 18.4. The molecule has 0 amide bonds. The van der Waals surface area contributed by atoms with Crippen LogP contribution in [0, 0.1) is 5.92 Å². The van der Waals surface area contributed by atoms with Gasteiger partial charge in [-0.25, -0.2) is 4.72 Å². The number of carbonyl (C=O) groups is 1. The predicted octanol–water partition coefficient (Wildman–Crippen LogP) is 7.63. The number of aliphatic hydroxyl groups excluding tert-OH is 1. The van der Waals surface area contributed by atoms with E-state index in [1.807, 2.05) is 25.1 Å². The van der Waals surface area contributed by atoms with Gasteiger partial charge in [0.1, 0.15) is 18.1 Å². The minimum Gasteiger partial charge on any atom is -0.492 e. The number of nitrogens with two attached hydrogens (primary N) is 1. The van der Waals surface area contributed by atoms with Crippen molar-refractivity contribution in [2.75, 3.05) is 40.5 Å². The predicted molar refractivity (Wildman–Crippen MR) is 194 cm³/mol. The third-order valence-corrected chi connectivity index (χ3v) is 10.4. The molecule has 1 aliphatic heterocycles. The van der Waals surface area contributed by atoms with Crippen LogP contribution < -0.4 is 15.2 Å². The van der Waals surface area contributed by atoms with Crippen LogP contribution >= 0.6 is 23.5 Å². The second kappa shape index (κ2) is 21.2. The first kappa shape index (κ1) is 40.4. The van der Waals surface area contributed by atoms with Crippen molar-refractivity contribution in [1.82, 2.24) is 9.62 Å². The van der Waals surface area contributed by atoms with E-state index in [1.165, 1.54) is 82.1 Å². The van der Waals surface area contributed by atoms with Crippen molar-refractivity contribution in [1.29, 1.82) is 0 Å². The van der Waals surface area contributed by atoms with Crippen molar-refractivity contribution in [3.63, 3.8) is 0 Å². The zero-order valence-electron chi connectivity index (χ0n) is 28.6. The van der Waals surface area contributed by atoms with Crippen LogP contribution in [-0.4, -0.2) is 80.2 Å². The monoisotopic (exact) mass is 709 g/mol. The summed E-state index contributed by atoms with van der Waals surface area (Å²) in [6.45, 7) is 5.50. The first-order chi connectivity index (χ1) is 23.2. The van der Waals surface area contributed by atoms with E-state index in [1.54, 1.807) is 24.3 Å². The van der Waals surface area contributed by atoms with Gasteiger partial charge in [0.2, 0.25) is 0 Å². The maximum absolute atomic E-state index is 15.3. The number of aliphatic hydroxyl groups is 1. The molecule has 0 bridgehead atoms. The number of alkyl halides is 2. The Labute approximate surface area is 295 Å². The minimum atomic E-state index is -3.37. The Morgan fingerprint density at radius 3 is 2.27 bits per heavy atom. The lowest BCUT2D eigenvalue weighted by Gasteiger charge is -2.28. The van der Waals surface area contributed by atoms with Crippen LogP contribution in [0.3, 0.4) is 0 Å². The molecule has 3 atom stereocenters. The fraction of sp³-hybridized carbons (Fsp3) is 0.595. The van der Waals surface area contributed by atoms with E-state index in [4.69, 9.17) is 31.9 Å². The number of hydrogen-bond donors (Lipinski definition) is 3. The van der Waals surface area contributed by atoms with Crippen LogP contribution in [0.25, 0.3) is 11.1 Å². The second-order valence-electron chi connectivity index (χ2n) is 12.6. The smallest absolute Gasteiger partial charge is 0.295 e. The zero-order valence-corrected chi connectivity index (χ0v) is 30.2. The number of benzene rings is 2. The average Bonchev–Trinajstić information content (AvgIpc) is 3.12. The first-order valence-electron chi connectivity index (χ1n) is 17.2. The molecule has 2 aromatic rings. The fourth-order valence-corrected chi connectivity index (χ4v) is 7.13.